The van der Waals surface area contributed by atoms with Crippen LogP contribution in [0.3, 0.4) is 0 Å². The molecule has 0 fully saturated rings. The molecular formula is C19H26F3NO. The number of anilines is 1. The summed E-state index contributed by atoms with van der Waals surface area (Å²) in [6.45, 7) is 4.70. The first kappa shape index (κ1) is 20.3. The van der Waals surface area contributed by atoms with Gasteiger partial charge in [-0.05, 0) is 37.1 Å². The van der Waals surface area contributed by atoms with E-state index in [0.717, 1.165) is 29.8 Å². The number of benzene rings is 1. The van der Waals surface area contributed by atoms with E-state index in [1.54, 1.807) is 19.2 Å². The van der Waals surface area contributed by atoms with Gasteiger partial charge in [-0.2, -0.15) is 13.2 Å². The van der Waals surface area contributed by atoms with E-state index in [4.69, 9.17) is 4.74 Å². The van der Waals surface area contributed by atoms with Gasteiger partial charge in [-0.25, -0.2) is 0 Å². The molecule has 1 aromatic rings. The van der Waals surface area contributed by atoms with Crippen molar-refractivity contribution in [2.45, 2.75) is 39.3 Å². The molecule has 0 aromatic heterocycles. The van der Waals surface area contributed by atoms with Crippen molar-refractivity contribution >= 4 is 5.69 Å². The smallest absolute Gasteiger partial charge is 0.384 e. The van der Waals surface area contributed by atoms with Gasteiger partial charge in [0, 0.05) is 32.0 Å². The van der Waals surface area contributed by atoms with E-state index < -0.39 is 12.6 Å². The first-order chi connectivity index (χ1) is 11.3. The largest absolute Gasteiger partial charge is 0.393 e. The molecule has 24 heavy (non-hydrogen) atoms. The van der Waals surface area contributed by atoms with Crippen molar-refractivity contribution in [1.29, 1.82) is 0 Å². The Morgan fingerprint density at radius 3 is 2.33 bits per heavy atom. The zero-order valence-corrected chi connectivity index (χ0v) is 14.8. The highest BCUT2D eigenvalue weighted by atomic mass is 19.4. The summed E-state index contributed by atoms with van der Waals surface area (Å²) in [5.41, 5.74) is 3.34. The number of methoxy groups -OCH3 is 1. The van der Waals surface area contributed by atoms with Crippen LogP contribution in [0, 0.1) is 0 Å². The minimum absolute atomic E-state index is 0.268. The maximum absolute atomic E-state index is 12.4. The van der Waals surface area contributed by atoms with Crippen LogP contribution in [0.1, 0.15) is 32.3 Å². The first-order valence-electron chi connectivity index (χ1n) is 8.02. The molecule has 0 saturated heterocycles. The van der Waals surface area contributed by atoms with E-state index in [1.165, 1.54) is 12.1 Å². The number of halogens is 3. The van der Waals surface area contributed by atoms with E-state index >= 15 is 0 Å². The second kappa shape index (κ2) is 9.52. The second-order valence-electron chi connectivity index (χ2n) is 5.75. The van der Waals surface area contributed by atoms with Crippen LogP contribution in [0.2, 0.25) is 0 Å². The van der Waals surface area contributed by atoms with Gasteiger partial charge >= 0.3 is 6.18 Å². The maximum Gasteiger partial charge on any atom is 0.393 e. The Balaban J connectivity index is 2.97. The molecular weight excluding hydrogens is 315 g/mol. The van der Waals surface area contributed by atoms with Gasteiger partial charge in [-0.1, -0.05) is 30.7 Å². The van der Waals surface area contributed by atoms with Gasteiger partial charge in [0.05, 0.1) is 13.0 Å². The molecule has 0 N–H and O–H groups in total. The van der Waals surface area contributed by atoms with Crippen molar-refractivity contribution in [3.8, 4) is 0 Å². The normalized spacial score (nSPS) is 13.3. The lowest BCUT2D eigenvalue weighted by atomic mass is 10.1. The Morgan fingerprint density at radius 1 is 1.21 bits per heavy atom. The molecule has 5 heteroatoms. The molecule has 2 nitrogen and oxygen atoms in total. The number of ether oxygens (including phenoxy) is 1. The summed E-state index contributed by atoms with van der Waals surface area (Å²) >= 11 is 0. The summed E-state index contributed by atoms with van der Waals surface area (Å²) in [6.07, 6.45) is 0.821. The van der Waals surface area contributed by atoms with Gasteiger partial charge in [0.1, 0.15) is 0 Å². The number of hydrogen-bond acceptors (Lipinski definition) is 2. The molecule has 1 aromatic carbocycles. The molecule has 0 atom stereocenters. The van der Waals surface area contributed by atoms with Crippen LogP contribution in [-0.4, -0.2) is 26.9 Å². The fourth-order valence-corrected chi connectivity index (χ4v) is 2.42. The Morgan fingerprint density at radius 2 is 1.83 bits per heavy atom. The van der Waals surface area contributed by atoms with E-state index in [2.05, 4.69) is 19.1 Å². The summed E-state index contributed by atoms with van der Waals surface area (Å²) in [4.78, 5) is 1.99. The van der Waals surface area contributed by atoms with E-state index in [-0.39, 0.29) is 5.56 Å². The van der Waals surface area contributed by atoms with E-state index in [1.807, 2.05) is 18.9 Å². The second-order valence-corrected chi connectivity index (χ2v) is 5.75. The highest BCUT2D eigenvalue weighted by Crippen LogP contribution is 2.25. The van der Waals surface area contributed by atoms with Crippen LogP contribution in [0.4, 0.5) is 18.9 Å². The zero-order valence-electron chi connectivity index (χ0n) is 14.8. The molecule has 0 saturated carbocycles. The standard InChI is InChI=1S/C19H26F3NO/c1-5-6-15(2)13-18(11-12-24-4)23(3)17-9-7-16(8-10-17)14-19(20,21)22/h6-10,13H,5,11-12,14H2,1-4H3/b15-6-,18-13-. The summed E-state index contributed by atoms with van der Waals surface area (Å²) in [6, 6.07) is 6.51. The van der Waals surface area contributed by atoms with Crippen molar-refractivity contribution in [2.75, 3.05) is 25.7 Å². The van der Waals surface area contributed by atoms with Gasteiger partial charge < -0.3 is 9.64 Å². The summed E-state index contributed by atoms with van der Waals surface area (Å²) in [5.74, 6) is 0. The Labute approximate surface area is 142 Å². The third kappa shape index (κ3) is 7.21. The van der Waals surface area contributed by atoms with Crippen LogP contribution in [-0.2, 0) is 11.2 Å². The minimum atomic E-state index is -4.18. The predicted molar refractivity (Wildman–Crippen MR) is 93.2 cm³/mol. The monoisotopic (exact) mass is 341 g/mol. The lowest BCUT2D eigenvalue weighted by Gasteiger charge is -2.23. The third-order valence-electron chi connectivity index (χ3n) is 3.64. The molecule has 0 unspecified atom stereocenters. The molecule has 1 rings (SSSR count). The summed E-state index contributed by atoms with van der Waals surface area (Å²) in [7, 11) is 3.57. The number of rotatable bonds is 8. The maximum atomic E-state index is 12.4. The molecule has 0 heterocycles. The summed E-state index contributed by atoms with van der Waals surface area (Å²) < 4.78 is 42.5. The van der Waals surface area contributed by atoms with E-state index in [9.17, 15) is 13.2 Å². The van der Waals surface area contributed by atoms with Gasteiger partial charge in [-0.15, -0.1) is 0 Å². The fraction of sp³-hybridized carbons (Fsp3) is 0.474. The Bertz CT molecular complexity index is 559. The molecule has 0 aliphatic carbocycles. The van der Waals surface area contributed by atoms with Crippen molar-refractivity contribution < 1.29 is 17.9 Å². The third-order valence-corrected chi connectivity index (χ3v) is 3.64. The molecule has 0 amide bonds. The molecule has 0 aliphatic heterocycles. The van der Waals surface area contributed by atoms with Crippen LogP contribution in [0.5, 0.6) is 0 Å². The van der Waals surface area contributed by atoms with Crippen molar-refractivity contribution in [3.05, 3.63) is 53.3 Å². The van der Waals surface area contributed by atoms with Gasteiger partial charge in [0.15, 0.2) is 0 Å². The van der Waals surface area contributed by atoms with Gasteiger partial charge in [-0.3, -0.25) is 0 Å². The number of alkyl halides is 3. The molecule has 0 bridgehead atoms. The number of allylic oxidation sites excluding steroid dienone is 3. The van der Waals surface area contributed by atoms with Crippen molar-refractivity contribution in [1.82, 2.24) is 0 Å². The van der Waals surface area contributed by atoms with E-state index in [0.29, 0.717) is 6.61 Å². The van der Waals surface area contributed by atoms with Crippen LogP contribution in [0.15, 0.2) is 47.7 Å². The van der Waals surface area contributed by atoms with Crippen molar-refractivity contribution in [2.24, 2.45) is 0 Å². The molecule has 0 radical (unpaired) electrons. The molecule has 0 aliphatic rings. The lowest BCUT2D eigenvalue weighted by molar-refractivity contribution is -0.127. The average molecular weight is 341 g/mol. The molecule has 0 spiro atoms. The number of nitrogens with zero attached hydrogens (tertiary/aromatic N) is 1. The Kier molecular flexibility index (Phi) is 8.05. The van der Waals surface area contributed by atoms with Crippen molar-refractivity contribution in [3.63, 3.8) is 0 Å². The quantitative estimate of drug-likeness (QED) is 0.579. The number of hydrogen-bond donors (Lipinski definition) is 0. The highest BCUT2D eigenvalue weighted by Gasteiger charge is 2.27. The van der Waals surface area contributed by atoms with Crippen LogP contribution >= 0.6 is 0 Å². The average Bonchev–Trinajstić information content (AvgIpc) is 2.50. The topological polar surface area (TPSA) is 12.5 Å². The fourth-order valence-electron chi connectivity index (χ4n) is 2.42. The highest BCUT2D eigenvalue weighted by molar-refractivity contribution is 5.53. The lowest BCUT2D eigenvalue weighted by Crippen LogP contribution is -2.18. The molecule has 134 valence electrons. The SMILES string of the molecule is CC/C=C(C)\C=C(\CCOC)N(C)c1ccc(CC(F)(F)F)cc1. The summed E-state index contributed by atoms with van der Waals surface area (Å²) in [5, 5.41) is 0. The van der Waals surface area contributed by atoms with Gasteiger partial charge in [0.25, 0.3) is 0 Å². The van der Waals surface area contributed by atoms with Crippen LogP contribution in [0.25, 0.3) is 0 Å². The first-order valence-corrected chi connectivity index (χ1v) is 8.02. The Hall–Kier alpha value is -1.75. The van der Waals surface area contributed by atoms with Crippen LogP contribution < -0.4 is 4.90 Å². The zero-order chi connectivity index (χ0) is 18.2. The predicted octanol–water partition coefficient (Wildman–Crippen LogP) is 5.50. The minimum Gasteiger partial charge on any atom is -0.384 e. The van der Waals surface area contributed by atoms with Gasteiger partial charge in [0.2, 0.25) is 0 Å².